The number of aromatic nitrogens is 1. The zero-order valence-corrected chi connectivity index (χ0v) is 19.6. The van der Waals surface area contributed by atoms with Crippen molar-refractivity contribution in [2.24, 2.45) is 0 Å². The fourth-order valence-corrected chi connectivity index (χ4v) is 5.82. The standard InChI is InChI=1S/C20H31N3O4SSi/c1-20(2,3)29(4,5)27-13-6-8-23(9-7-13)14-10-12(11-24)15-16(21)17(19(25)26)28-18(15)22-14/h10,13,24H,6-9,11,21H2,1-5H3,(H,25,26). The summed E-state index contributed by atoms with van der Waals surface area (Å²) in [5.74, 6) is -0.315. The van der Waals surface area contributed by atoms with Crippen molar-refractivity contribution in [1.29, 1.82) is 0 Å². The van der Waals surface area contributed by atoms with Crippen LogP contribution in [0.5, 0.6) is 0 Å². The molecule has 4 N–H and O–H groups in total. The first kappa shape index (κ1) is 22.0. The molecule has 160 valence electrons. The third kappa shape index (κ3) is 4.28. The number of nitrogen functional groups attached to an aromatic ring is 1. The van der Waals surface area contributed by atoms with Crippen LogP contribution in [0.1, 0.15) is 48.8 Å². The number of thiophene rings is 1. The lowest BCUT2D eigenvalue weighted by Crippen LogP contribution is -2.47. The van der Waals surface area contributed by atoms with Crippen molar-refractivity contribution < 1.29 is 19.4 Å². The Labute approximate surface area is 176 Å². The first-order chi connectivity index (χ1) is 13.4. The summed E-state index contributed by atoms with van der Waals surface area (Å²) in [6, 6.07) is 1.83. The molecule has 7 nitrogen and oxygen atoms in total. The Morgan fingerprint density at radius 3 is 2.52 bits per heavy atom. The number of aromatic carboxylic acids is 1. The Morgan fingerprint density at radius 1 is 1.38 bits per heavy atom. The summed E-state index contributed by atoms with van der Waals surface area (Å²) in [6.45, 7) is 12.7. The van der Waals surface area contributed by atoms with E-state index in [4.69, 9.17) is 10.2 Å². The van der Waals surface area contributed by atoms with Crippen molar-refractivity contribution >= 4 is 47.3 Å². The third-order valence-corrected chi connectivity index (χ3v) is 11.8. The highest BCUT2D eigenvalue weighted by Gasteiger charge is 2.39. The second-order valence-corrected chi connectivity index (χ2v) is 14.9. The van der Waals surface area contributed by atoms with Gasteiger partial charge in [0.25, 0.3) is 0 Å². The molecule has 1 aliphatic heterocycles. The number of carbonyl (C=O) groups is 1. The SMILES string of the molecule is CC(C)(C)[Si](C)(C)OC1CCN(c2cc(CO)c3c(N)c(C(=O)O)sc3n2)CC1. The third-order valence-electron chi connectivity index (χ3n) is 6.17. The van der Waals surface area contributed by atoms with Crippen LogP contribution in [-0.4, -0.2) is 48.7 Å². The van der Waals surface area contributed by atoms with Crippen LogP contribution in [0, 0.1) is 0 Å². The number of carboxylic acids is 1. The number of pyridine rings is 1. The number of carboxylic acid groups (broad SMARTS) is 1. The summed E-state index contributed by atoms with van der Waals surface area (Å²) in [5.41, 5.74) is 6.81. The number of aliphatic hydroxyl groups is 1. The van der Waals surface area contributed by atoms with Gasteiger partial charge in [-0.2, -0.15) is 0 Å². The van der Waals surface area contributed by atoms with Gasteiger partial charge in [0.2, 0.25) is 0 Å². The molecular weight excluding hydrogens is 406 g/mol. The molecule has 1 fully saturated rings. The van der Waals surface area contributed by atoms with Crippen LogP contribution in [0.3, 0.4) is 0 Å². The van der Waals surface area contributed by atoms with Crippen LogP contribution in [0.4, 0.5) is 11.5 Å². The van der Waals surface area contributed by atoms with E-state index in [1.807, 2.05) is 6.07 Å². The first-order valence-corrected chi connectivity index (χ1v) is 13.7. The van der Waals surface area contributed by atoms with Gasteiger partial charge < -0.3 is 25.3 Å². The first-order valence-electron chi connectivity index (χ1n) is 9.93. The Hall–Kier alpha value is -1.68. The maximum Gasteiger partial charge on any atom is 0.348 e. The molecule has 1 aliphatic rings. The number of aliphatic hydroxyl groups excluding tert-OH is 1. The van der Waals surface area contributed by atoms with Gasteiger partial charge >= 0.3 is 5.97 Å². The zero-order chi connectivity index (χ0) is 21.6. The summed E-state index contributed by atoms with van der Waals surface area (Å²) in [6.07, 6.45) is 2.10. The van der Waals surface area contributed by atoms with Crippen LogP contribution >= 0.6 is 11.3 Å². The van der Waals surface area contributed by atoms with E-state index < -0.39 is 14.3 Å². The van der Waals surface area contributed by atoms with Gasteiger partial charge in [0.1, 0.15) is 15.5 Å². The van der Waals surface area contributed by atoms with Crippen molar-refractivity contribution in [3.8, 4) is 0 Å². The predicted molar refractivity (Wildman–Crippen MR) is 120 cm³/mol. The Morgan fingerprint density at radius 2 is 2.00 bits per heavy atom. The smallest absolute Gasteiger partial charge is 0.348 e. The maximum absolute atomic E-state index is 11.4. The van der Waals surface area contributed by atoms with Crippen LogP contribution in [0.25, 0.3) is 10.2 Å². The lowest BCUT2D eigenvalue weighted by atomic mass is 10.1. The topological polar surface area (TPSA) is 109 Å². The van der Waals surface area contributed by atoms with Gasteiger partial charge in [-0.05, 0) is 42.6 Å². The average molecular weight is 438 g/mol. The number of nitrogens with zero attached hydrogens (tertiary/aromatic N) is 2. The number of anilines is 2. The van der Waals surface area contributed by atoms with Crippen LogP contribution in [-0.2, 0) is 11.0 Å². The van der Waals surface area contributed by atoms with Gasteiger partial charge in [-0.3, -0.25) is 0 Å². The monoisotopic (exact) mass is 437 g/mol. The number of rotatable bonds is 5. The van der Waals surface area contributed by atoms with Crippen molar-refractivity contribution in [2.75, 3.05) is 23.7 Å². The molecule has 0 radical (unpaired) electrons. The molecule has 0 aliphatic carbocycles. The lowest BCUT2D eigenvalue weighted by molar-refractivity contribution is 0.0703. The van der Waals surface area contributed by atoms with Gasteiger partial charge in [-0.1, -0.05) is 20.8 Å². The molecule has 0 aromatic carbocycles. The summed E-state index contributed by atoms with van der Waals surface area (Å²) >= 11 is 1.06. The van der Waals surface area contributed by atoms with Crippen molar-refractivity contribution in [2.45, 2.75) is 64.5 Å². The predicted octanol–water partition coefficient (Wildman–Crippen LogP) is 4.06. The molecule has 29 heavy (non-hydrogen) atoms. The van der Waals surface area contributed by atoms with E-state index in [9.17, 15) is 15.0 Å². The highest BCUT2D eigenvalue weighted by molar-refractivity contribution is 7.21. The second-order valence-electron chi connectivity index (χ2n) is 9.19. The molecule has 0 bridgehead atoms. The van der Waals surface area contributed by atoms with E-state index in [-0.39, 0.29) is 28.3 Å². The average Bonchev–Trinajstić information content (AvgIpc) is 2.97. The molecule has 9 heteroatoms. The fourth-order valence-electron chi connectivity index (χ4n) is 3.43. The fraction of sp³-hybridized carbons (Fsp3) is 0.600. The summed E-state index contributed by atoms with van der Waals surface area (Å²) in [5, 5.41) is 19.9. The van der Waals surface area contributed by atoms with E-state index in [1.54, 1.807) is 0 Å². The van der Waals surface area contributed by atoms with Crippen LogP contribution in [0.15, 0.2) is 6.07 Å². The van der Waals surface area contributed by atoms with E-state index in [0.717, 1.165) is 43.1 Å². The Balaban J connectivity index is 1.80. The van der Waals surface area contributed by atoms with Gasteiger partial charge in [-0.25, -0.2) is 9.78 Å². The minimum absolute atomic E-state index is 0.0702. The molecule has 2 aromatic heterocycles. The number of hydrogen-bond acceptors (Lipinski definition) is 7. The number of piperidine rings is 1. The molecule has 0 spiro atoms. The van der Waals surface area contributed by atoms with Gasteiger partial charge in [0.15, 0.2) is 8.32 Å². The molecular formula is C20H31N3O4SSi. The molecule has 0 saturated carbocycles. The molecule has 0 unspecified atom stereocenters. The lowest BCUT2D eigenvalue weighted by Gasteiger charge is -2.42. The minimum Gasteiger partial charge on any atom is -0.477 e. The van der Waals surface area contributed by atoms with Crippen molar-refractivity contribution in [1.82, 2.24) is 4.98 Å². The zero-order valence-electron chi connectivity index (χ0n) is 17.8. The summed E-state index contributed by atoms with van der Waals surface area (Å²) < 4.78 is 6.56. The minimum atomic E-state index is -1.79. The van der Waals surface area contributed by atoms with Crippen LogP contribution in [0.2, 0.25) is 18.1 Å². The molecule has 0 atom stereocenters. The normalized spacial score (nSPS) is 16.6. The second kappa shape index (κ2) is 7.86. The molecule has 2 aromatic rings. The quantitative estimate of drug-likeness (QED) is 0.605. The maximum atomic E-state index is 11.4. The molecule has 3 rings (SSSR count). The Bertz CT molecular complexity index is 915. The van der Waals surface area contributed by atoms with Crippen molar-refractivity contribution in [3.63, 3.8) is 0 Å². The molecule has 3 heterocycles. The van der Waals surface area contributed by atoms with Crippen molar-refractivity contribution in [3.05, 3.63) is 16.5 Å². The number of fused-ring (bicyclic) bond motifs is 1. The van der Waals surface area contributed by atoms with E-state index in [0.29, 0.717) is 15.8 Å². The largest absolute Gasteiger partial charge is 0.477 e. The van der Waals surface area contributed by atoms with E-state index >= 15 is 0 Å². The summed E-state index contributed by atoms with van der Waals surface area (Å²) in [7, 11) is -1.79. The number of nitrogens with two attached hydrogens (primary N) is 1. The number of hydrogen-bond donors (Lipinski definition) is 3. The van der Waals surface area contributed by atoms with Gasteiger partial charge in [-0.15, -0.1) is 11.3 Å². The van der Waals surface area contributed by atoms with Crippen LogP contribution < -0.4 is 10.6 Å². The highest BCUT2D eigenvalue weighted by Crippen LogP contribution is 2.39. The molecule has 1 saturated heterocycles. The van der Waals surface area contributed by atoms with Gasteiger partial charge in [0, 0.05) is 24.6 Å². The van der Waals surface area contributed by atoms with E-state index in [1.165, 1.54) is 0 Å². The van der Waals surface area contributed by atoms with E-state index in [2.05, 4.69) is 43.7 Å². The summed E-state index contributed by atoms with van der Waals surface area (Å²) in [4.78, 5) is 18.9. The molecule has 0 amide bonds. The Kier molecular flexibility index (Phi) is 5.97. The van der Waals surface area contributed by atoms with Gasteiger partial charge in [0.05, 0.1) is 12.3 Å². The highest BCUT2D eigenvalue weighted by atomic mass is 32.1.